The zero-order valence-corrected chi connectivity index (χ0v) is 13.3. The molecule has 0 saturated heterocycles. The fourth-order valence-electron chi connectivity index (χ4n) is 2.77. The summed E-state index contributed by atoms with van der Waals surface area (Å²) in [4.78, 5) is 11.5. The molecule has 3 rings (SSSR count). The molecular weight excluding hydrogens is 338 g/mol. The van der Waals surface area contributed by atoms with Crippen LogP contribution in [0.5, 0.6) is 0 Å². The minimum atomic E-state index is -4.50. The van der Waals surface area contributed by atoms with Gasteiger partial charge in [-0.15, -0.1) is 0 Å². The summed E-state index contributed by atoms with van der Waals surface area (Å²) in [5.74, 6) is -1.14. The van der Waals surface area contributed by atoms with Crippen LogP contribution < -0.4 is 0 Å². The third-order valence-electron chi connectivity index (χ3n) is 4.05. The molecule has 7 heteroatoms. The number of benzene rings is 2. The van der Waals surface area contributed by atoms with Gasteiger partial charge in [-0.3, -0.25) is 0 Å². The van der Waals surface area contributed by atoms with Gasteiger partial charge in [-0.1, -0.05) is 12.1 Å². The van der Waals surface area contributed by atoms with Gasteiger partial charge < -0.3 is 9.30 Å². The standard InChI is InChI=1S/C18H13F4NO2/c1-23-14-9-12(18(20,21)22)7-8-13(14)15(19)16(23)10-3-5-11(6-4-10)17(24)25-2/h3-9H,1-2H3. The van der Waals surface area contributed by atoms with Crippen LogP contribution in [-0.2, 0) is 18.0 Å². The average Bonchev–Trinajstić information content (AvgIpc) is 2.84. The first-order valence-electron chi connectivity index (χ1n) is 7.28. The molecule has 0 fully saturated rings. The van der Waals surface area contributed by atoms with E-state index in [2.05, 4.69) is 4.74 Å². The van der Waals surface area contributed by atoms with Gasteiger partial charge in [-0.25, -0.2) is 9.18 Å². The Bertz CT molecular complexity index is 956. The normalized spacial score (nSPS) is 11.8. The molecule has 3 aromatic rings. The molecule has 0 aliphatic heterocycles. The molecule has 0 spiro atoms. The highest BCUT2D eigenvalue weighted by Gasteiger charge is 2.31. The fourth-order valence-corrected chi connectivity index (χ4v) is 2.77. The summed E-state index contributed by atoms with van der Waals surface area (Å²) < 4.78 is 59.4. The number of nitrogens with zero attached hydrogens (tertiary/aromatic N) is 1. The van der Waals surface area contributed by atoms with Crippen molar-refractivity contribution in [3.8, 4) is 11.3 Å². The number of fused-ring (bicyclic) bond motifs is 1. The Balaban J connectivity index is 2.15. The number of esters is 1. The molecule has 1 heterocycles. The highest BCUT2D eigenvalue weighted by atomic mass is 19.4. The summed E-state index contributed by atoms with van der Waals surface area (Å²) in [7, 11) is 2.74. The smallest absolute Gasteiger partial charge is 0.416 e. The first-order valence-corrected chi connectivity index (χ1v) is 7.28. The van der Waals surface area contributed by atoms with Gasteiger partial charge in [0.2, 0.25) is 0 Å². The van der Waals surface area contributed by atoms with Crippen molar-refractivity contribution in [1.29, 1.82) is 0 Å². The fraction of sp³-hybridized carbons (Fsp3) is 0.167. The van der Waals surface area contributed by atoms with Crippen LogP contribution in [0.2, 0.25) is 0 Å². The number of alkyl halides is 3. The molecule has 1 aromatic heterocycles. The minimum Gasteiger partial charge on any atom is -0.465 e. The molecule has 0 N–H and O–H groups in total. The van der Waals surface area contributed by atoms with Gasteiger partial charge in [0, 0.05) is 18.0 Å². The van der Waals surface area contributed by atoms with E-state index in [0.29, 0.717) is 11.1 Å². The van der Waals surface area contributed by atoms with Crippen LogP contribution in [0.4, 0.5) is 17.6 Å². The number of carbonyl (C=O) groups excluding carboxylic acids is 1. The van der Waals surface area contributed by atoms with Crippen molar-refractivity contribution < 1.29 is 27.1 Å². The molecule has 0 atom stereocenters. The predicted molar refractivity (Wildman–Crippen MR) is 84.7 cm³/mol. The maximum Gasteiger partial charge on any atom is 0.416 e. The van der Waals surface area contributed by atoms with Crippen LogP contribution in [0, 0.1) is 5.82 Å². The van der Waals surface area contributed by atoms with Crippen molar-refractivity contribution in [3.63, 3.8) is 0 Å². The predicted octanol–water partition coefficient (Wildman–Crippen LogP) is 4.79. The van der Waals surface area contributed by atoms with Gasteiger partial charge in [-0.05, 0) is 30.3 Å². The van der Waals surface area contributed by atoms with E-state index in [1.807, 2.05) is 0 Å². The van der Waals surface area contributed by atoms with Crippen molar-refractivity contribution in [3.05, 3.63) is 59.4 Å². The Morgan fingerprint density at radius 3 is 2.28 bits per heavy atom. The van der Waals surface area contributed by atoms with E-state index in [0.717, 1.165) is 18.2 Å². The number of aryl methyl sites for hydroxylation is 1. The van der Waals surface area contributed by atoms with E-state index in [1.54, 1.807) is 0 Å². The summed E-state index contributed by atoms with van der Waals surface area (Å²) in [6, 6.07) is 8.89. The number of carbonyl (C=O) groups is 1. The highest BCUT2D eigenvalue weighted by Crippen LogP contribution is 2.36. The Morgan fingerprint density at radius 2 is 1.72 bits per heavy atom. The number of hydrogen-bond acceptors (Lipinski definition) is 2. The monoisotopic (exact) mass is 351 g/mol. The van der Waals surface area contributed by atoms with E-state index in [-0.39, 0.29) is 16.6 Å². The highest BCUT2D eigenvalue weighted by molar-refractivity contribution is 5.91. The van der Waals surface area contributed by atoms with E-state index in [1.165, 1.54) is 43.0 Å². The number of hydrogen-bond donors (Lipinski definition) is 0. The van der Waals surface area contributed by atoms with E-state index >= 15 is 0 Å². The number of halogens is 4. The topological polar surface area (TPSA) is 31.2 Å². The Hall–Kier alpha value is -2.83. The van der Waals surface area contributed by atoms with Gasteiger partial charge in [-0.2, -0.15) is 13.2 Å². The molecule has 0 saturated carbocycles. The Kier molecular flexibility index (Phi) is 4.02. The van der Waals surface area contributed by atoms with Gasteiger partial charge >= 0.3 is 12.1 Å². The molecule has 0 amide bonds. The lowest BCUT2D eigenvalue weighted by molar-refractivity contribution is -0.137. The molecule has 0 aliphatic rings. The average molecular weight is 351 g/mol. The summed E-state index contributed by atoms with van der Waals surface area (Å²) in [6.07, 6.45) is -4.50. The molecule has 0 radical (unpaired) electrons. The van der Waals surface area contributed by atoms with Crippen molar-refractivity contribution in [1.82, 2.24) is 4.57 Å². The van der Waals surface area contributed by atoms with Crippen LogP contribution in [0.25, 0.3) is 22.2 Å². The second kappa shape index (κ2) is 5.91. The van der Waals surface area contributed by atoms with Gasteiger partial charge in [0.05, 0.1) is 29.4 Å². The van der Waals surface area contributed by atoms with Crippen molar-refractivity contribution in [2.24, 2.45) is 7.05 Å². The van der Waals surface area contributed by atoms with Crippen LogP contribution in [-0.4, -0.2) is 17.6 Å². The van der Waals surface area contributed by atoms with Gasteiger partial charge in [0.15, 0.2) is 5.82 Å². The first kappa shape index (κ1) is 17.0. The minimum absolute atomic E-state index is 0.0996. The second-order valence-electron chi connectivity index (χ2n) is 5.52. The van der Waals surface area contributed by atoms with Crippen LogP contribution in [0.1, 0.15) is 15.9 Å². The quantitative estimate of drug-likeness (QED) is 0.491. The Morgan fingerprint density at radius 1 is 1.08 bits per heavy atom. The second-order valence-corrected chi connectivity index (χ2v) is 5.52. The van der Waals surface area contributed by atoms with Crippen LogP contribution >= 0.6 is 0 Å². The molecule has 2 aromatic carbocycles. The number of ether oxygens (including phenoxy) is 1. The third kappa shape index (κ3) is 2.86. The lowest BCUT2D eigenvalue weighted by Crippen LogP contribution is -2.04. The lowest BCUT2D eigenvalue weighted by atomic mass is 10.1. The van der Waals surface area contributed by atoms with Gasteiger partial charge in [0.1, 0.15) is 0 Å². The molecule has 0 aliphatic carbocycles. The molecule has 130 valence electrons. The molecule has 0 bridgehead atoms. The van der Waals surface area contributed by atoms with Crippen molar-refractivity contribution in [2.45, 2.75) is 6.18 Å². The SMILES string of the molecule is COC(=O)c1ccc(-c2c(F)c3ccc(C(F)(F)F)cc3n2C)cc1. The summed E-state index contributed by atoms with van der Waals surface area (Å²) >= 11 is 0. The zero-order chi connectivity index (χ0) is 18.4. The summed E-state index contributed by atoms with van der Waals surface area (Å²) in [5, 5.41) is 0.0996. The van der Waals surface area contributed by atoms with Crippen molar-refractivity contribution >= 4 is 16.9 Å². The molecule has 3 nitrogen and oxygen atoms in total. The maximum absolute atomic E-state index is 14.7. The number of methoxy groups -OCH3 is 1. The van der Waals surface area contributed by atoms with Crippen molar-refractivity contribution in [2.75, 3.05) is 7.11 Å². The van der Waals surface area contributed by atoms with E-state index in [4.69, 9.17) is 0 Å². The van der Waals surface area contributed by atoms with Crippen LogP contribution in [0.3, 0.4) is 0 Å². The molecule has 25 heavy (non-hydrogen) atoms. The summed E-state index contributed by atoms with van der Waals surface area (Å²) in [5.41, 5.74) is 0.181. The largest absolute Gasteiger partial charge is 0.465 e. The van der Waals surface area contributed by atoms with E-state index in [9.17, 15) is 22.4 Å². The Labute approximate surface area is 140 Å². The summed E-state index contributed by atoms with van der Waals surface area (Å²) in [6.45, 7) is 0. The first-order chi connectivity index (χ1) is 11.7. The van der Waals surface area contributed by atoms with Gasteiger partial charge in [0.25, 0.3) is 0 Å². The zero-order valence-electron chi connectivity index (χ0n) is 13.3. The third-order valence-corrected chi connectivity index (χ3v) is 4.05. The van der Waals surface area contributed by atoms with E-state index < -0.39 is 23.5 Å². The molecular formula is C18H13F4NO2. The van der Waals surface area contributed by atoms with Crippen LogP contribution in [0.15, 0.2) is 42.5 Å². The lowest BCUT2D eigenvalue weighted by Gasteiger charge is -2.08. The number of aromatic nitrogens is 1. The molecule has 0 unspecified atom stereocenters. The maximum atomic E-state index is 14.7. The number of rotatable bonds is 2.